The van der Waals surface area contributed by atoms with Gasteiger partial charge < -0.3 is 19.9 Å². The summed E-state index contributed by atoms with van der Waals surface area (Å²) < 4.78 is 47.3. The fourth-order valence-corrected chi connectivity index (χ4v) is 4.52. The first-order chi connectivity index (χ1) is 16.4. The van der Waals surface area contributed by atoms with Crippen molar-refractivity contribution in [3.05, 3.63) is 69.3 Å². The molecule has 0 saturated carbocycles. The number of alkyl halides is 3. The molecule has 1 aromatic heterocycles. The number of halogens is 3. The summed E-state index contributed by atoms with van der Waals surface area (Å²) in [6, 6.07) is 8.75. The Morgan fingerprint density at radius 2 is 1.77 bits per heavy atom. The maximum atomic E-state index is 13.8. The smallest absolute Gasteiger partial charge is 0.416 e. The highest BCUT2D eigenvalue weighted by atomic mass is 19.4. The highest BCUT2D eigenvalue weighted by molar-refractivity contribution is 5.94. The van der Waals surface area contributed by atoms with Crippen molar-refractivity contribution in [1.29, 1.82) is 0 Å². The van der Waals surface area contributed by atoms with Crippen LogP contribution < -0.4 is 15.6 Å². The van der Waals surface area contributed by atoms with Crippen LogP contribution in [-0.4, -0.2) is 45.9 Å². The molecule has 0 unspecified atom stereocenters. The number of nitrogens with one attached hydrogen (secondary N) is 2. The van der Waals surface area contributed by atoms with Gasteiger partial charge in [0.1, 0.15) is 17.7 Å². The van der Waals surface area contributed by atoms with E-state index in [1.54, 1.807) is 29.2 Å². The fourth-order valence-electron chi connectivity index (χ4n) is 4.52. The molecule has 1 amide bonds. The number of fused-ring (bicyclic) bond motifs is 1. The minimum absolute atomic E-state index is 0.0334. The first-order valence-corrected chi connectivity index (χ1v) is 11.4. The second-order valence-corrected chi connectivity index (χ2v) is 9.07. The van der Waals surface area contributed by atoms with Crippen molar-refractivity contribution in [3.63, 3.8) is 0 Å². The summed E-state index contributed by atoms with van der Waals surface area (Å²) in [5.41, 5.74) is -1.17. The number of carbonyl (C=O) groups is 1. The molecule has 0 radical (unpaired) electrons. The van der Waals surface area contributed by atoms with Crippen molar-refractivity contribution in [1.82, 2.24) is 20.2 Å². The number of rotatable bonds is 4. The van der Waals surface area contributed by atoms with Gasteiger partial charge in [-0.05, 0) is 64.1 Å². The molecule has 1 aliphatic rings. The number of aromatic amines is 1. The molecule has 35 heavy (non-hydrogen) atoms. The summed E-state index contributed by atoms with van der Waals surface area (Å²) in [5.74, 6) is 0.424. The normalized spacial score (nSPS) is 19.6. The third-order valence-electron chi connectivity index (χ3n) is 6.00. The van der Waals surface area contributed by atoms with Gasteiger partial charge in [0.15, 0.2) is 0 Å². The van der Waals surface area contributed by atoms with E-state index in [9.17, 15) is 22.8 Å². The molecular formula is C25H27F3N4O3. The quantitative estimate of drug-likeness (QED) is 0.575. The molecule has 186 valence electrons. The number of aromatic nitrogens is 2. The Bertz CT molecular complexity index is 1290. The zero-order valence-electron chi connectivity index (χ0n) is 19.9. The van der Waals surface area contributed by atoms with Crippen LogP contribution in [0.25, 0.3) is 10.9 Å². The minimum atomic E-state index is -4.66. The highest BCUT2D eigenvalue weighted by Crippen LogP contribution is 2.37. The van der Waals surface area contributed by atoms with Crippen LogP contribution in [0.1, 0.15) is 54.2 Å². The number of carbonyl (C=O) groups excluding carboxylic acids is 1. The van der Waals surface area contributed by atoms with E-state index >= 15 is 0 Å². The topological polar surface area (TPSA) is 87.3 Å². The molecule has 3 aromatic rings. The lowest BCUT2D eigenvalue weighted by Gasteiger charge is -2.36. The molecule has 4 rings (SSSR count). The van der Waals surface area contributed by atoms with Crippen molar-refractivity contribution in [2.45, 2.75) is 52.1 Å². The van der Waals surface area contributed by atoms with E-state index < -0.39 is 23.4 Å². The van der Waals surface area contributed by atoms with E-state index in [2.05, 4.69) is 15.3 Å². The monoisotopic (exact) mass is 488 g/mol. The Kier molecular flexibility index (Phi) is 6.59. The van der Waals surface area contributed by atoms with Gasteiger partial charge in [0.05, 0.1) is 16.5 Å². The van der Waals surface area contributed by atoms with Crippen LogP contribution in [0.15, 0.2) is 41.2 Å². The second-order valence-electron chi connectivity index (χ2n) is 9.07. The molecular weight excluding hydrogens is 461 g/mol. The van der Waals surface area contributed by atoms with Gasteiger partial charge in [-0.3, -0.25) is 9.59 Å². The summed E-state index contributed by atoms with van der Waals surface area (Å²) in [7, 11) is 0. The minimum Gasteiger partial charge on any atom is -0.486 e. The molecule has 0 spiro atoms. The van der Waals surface area contributed by atoms with Crippen molar-refractivity contribution in [3.8, 4) is 5.75 Å². The Labute approximate surface area is 200 Å². The van der Waals surface area contributed by atoms with Crippen LogP contribution in [0.4, 0.5) is 13.2 Å². The maximum absolute atomic E-state index is 13.8. The predicted octanol–water partition coefficient (Wildman–Crippen LogP) is 4.21. The van der Waals surface area contributed by atoms with Crippen LogP contribution in [0.2, 0.25) is 0 Å². The van der Waals surface area contributed by atoms with Crippen LogP contribution in [0, 0.1) is 6.92 Å². The van der Waals surface area contributed by atoms with E-state index in [1.807, 2.05) is 13.8 Å². The van der Waals surface area contributed by atoms with Crippen LogP contribution in [0.3, 0.4) is 0 Å². The third kappa shape index (κ3) is 5.32. The molecule has 10 heteroatoms. The molecule has 1 saturated heterocycles. The summed E-state index contributed by atoms with van der Waals surface area (Å²) in [5, 5.41) is 3.43. The number of nitrogens with zero attached hydrogens (tertiary/aromatic N) is 2. The largest absolute Gasteiger partial charge is 0.486 e. The van der Waals surface area contributed by atoms with Gasteiger partial charge in [-0.25, -0.2) is 4.98 Å². The average molecular weight is 489 g/mol. The number of benzene rings is 2. The van der Waals surface area contributed by atoms with Crippen LogP contribution in [0.5, 0.6) is 5.75 Å². The number of ether oxygens (including phenoxy) is 1. The fraction of sp³-hybridized carbons (Fsp3) is 0.400. The Hall–Kier alpha value is -3.40. The van der Waals surface area contributed by atoms with E-state index in [-0.39, 0.29) is 40.3 Å². The van der Waals surface area contributed by atoms with Gasteiger partial charge in [-0.15, -0.1) is 0 Å². The molecule has 0 bridgehead atoms. The lowest BCUT2D eigenvalue weighted by atomic mass is 9.99. The van der Waals surface area contributed by atoms with Gasteiger partial charge in [0.25, 0.3) is 11.5 Å². The Morgan fingerprint density at radius 1 is 1.14 bits per heavy atom. The molecule has 0 aliphatic carbocycles. The number of hydrogen-bond donors (Lipinski definition) is 2. The number of aryl methyl sites for hydroxylation is 1. The van der Waals surface area contributed by atoms with Gasteiger partial charge in [-0.2, -0.15) is 13.2 Å². The van der Waals surface area contributed by atoms with Gasteiger partial charge in [0.2, 0.25) is 0 Å². The Morgan fingerprint density at radius 3 is 2.37 bits per heavy atom. The first kappa shape index (κ1) is 24.7. The van der Waals surface area contributed by atoms with E-state index in [1.165, 1.54) is 19.9 Å². The van der Waals surface area contributed by atoms with E-state index in [4.69, 9.17) is 4.74 Å². The summed E-state index contributed by atoms with van der Waals surface area (Å²) in [6.07, 6.45) is -5.68. The third-order valence-corrected chi connectivity index (χ3v) is 6.00. The standard InChI is InChI=1S/C25H27F3N4O3/c1-13-11-32(12-14(2)29-13)24(34)17-5-7-18(8-6-17)35-15(3)19-9-20-22(10-21(19)25(26,27)28)30-16(4)31-23(20)33/h5-10,13-15,29H,11-12H2,1-4H3,(H,30,31,33)/t13-,14+,15-/m0/s1. The van der Waals surface area contributed by atoms with Gasteiger partial charge in [-0.1, -0.05) is 0 Å². The van der Waals surface area contributed by atoms with Crippen molar-refractivity contribution < 1.29 is 22.7 Å². The first-order valence-electron chi connectivity index (χ1n) is 11.4. The molecule has 1 fully saturated rings. The summed E-state index contributed by atoms with van der Waals surface area (Å²) in [6.45, 7) is 8.20. The zero-order valence-corrected chi connectivity index (χ0v) is 19.9. The zero-order chi connectivity index (χ0) is 25.5. The second kappa shape index (κ2) is 9.33. The summed E-state index contributed by atoms with van der Waals surface area (Å²) >= 11 is 0. The number of hydrogen-bond acceptors (Lipinski definition) is 5. The SMILES string of the molecule is Cc1nc2cc(C(F)(F)F)c([C@H](C)Oc3ccc(C(=O)N4C[C@@H](C)N[C@@H](C)C4)cc3)cc2c(=O)[nH]1. The van der Waals surface area contributed by atoms with Crippen molar-refractivity contribution >= 4 is 16.8 Å². The van der Waals surface area contributed by atoms with Crippen LogP contribution in [-0.2, 0) is 6.18 Å². The van der Waals surface area contributed by atoms with E-state index in [0.29, 0.717) is 24.4 Å². The summed E-state index contributed by atoms with van der Waals surface area (Å²) in [4.78, 5) is 33.5. The molecule has 2 N–H and O–H groups in total. The predicted molar refractivity (Wildman–Crippen MR) is 126 cm³/mol. The molecule has 2 aromatic carbocycles. The van der Waals surface area contributed by atoms with Gasteiger partial charge >= 0.3 is 6.18 Å². The average Bonchev–Trinajstić information content (AvgIpc) is 2.77. The molecule has 1 aliphatic heterocycles. The molecule has 2 heterocycles. The number of amides is 1. The van der Waals surface area contributed by atoms with E-state index in [0.717, 1.165) is 6.07 Å². The van der Waals surface area contributed by atoms with Gasteiger partial charge in [0, 0.05) is 36.3 Å². The number of H-pyrrole nitrogens is 1. The maximum Gasteiger partial charge on any atom is 0.416 e. The lowest BCUT2D eigenvalue weighted by molar-refractivity contribution is -0.138. The van der Waals surface area contributed by atoms with Crippen molar-refractivity contribution in [2.75, 3.05) is 13.1 Å². The molecule has 3 atom stereocenters. The lowest BCUT2D eigenvalue weighted by Crippen LogP contribution is -2.55. The highest BCUT2D eigenvalue weighted by Gasteiger charge is 2.36. The molecule has 7 nitrogen and oxygen atoms in total. The number of piperazine rings is 1. The Balaban J connectivity index is 1.59. The van der Waals surface area contributed by atoms with Crippen LogP contribution >= 0.6 is 0 Å². The van der Waals surface area contributed by atoms with Crippen molar-refractivity contribution in [2.24, 2.45) is 0 Å².